The van der Waals surface area contributed by atoms with Gasteiger partial charge in [0.2, 0.25) is 0 Å². The number of aliphatic hydroxyl groups is 2. The first-order valence-corrected chi connectivity index (χ1v) is 12.1. The minimum atomic E-state index is -1.22. The van der Waals surface area contributed by atoms with Crippen molar-refractivity contribution >= 4 is 18.0 Å². The van der Waals surface area contributed by atoms with Crippen molar-refractivity contribution in [3.05, 3.63) is 89.0 Å². The maximum Gasteiger partial charge on any atom is 0.305 e. The molecule has 0 saturated heterocycles. The third kappa shape index (κ3) is 7.34. The van der Waals surface area contributed by atoms with Gasteiger partial charge in [0, 0.05) is 12.0 Å². The molecule has 1 heterocycles. The highest BCUT2D eigenvalue weighted by molar-refractivity contribution is 5.95. The molecule has 0 radical (unpaired) electrons. The largest absolute Gasteiger partial charge is 0.481 e. The Hall–Kier alpha value is -3.82. The molecule has 0 saturated carbocycles. The summed E-state index contributed by atoms with van der Waals surface area (Å²) in [6, 6.07) is 14.9. The van der Waals surface area contributed by atoms with E-state index in [0.29, 0.717) is 16.9 Å². The number of amides is 1. The van der Waals surface area contributed by atoms with Gasteiger partial charge < -0.3 is 20.6 Å². The Morgan fingerprint density at radius 2 is 1.70 bits per heavy atom. The Morgan fingerprint density at radius 1 is 1.05 bits per heavy atom. The van der Waals surface area contributed by atoms with Crippen LogP contribution in [0.25, 0.3) is 11.8 Å². The van der Waals surface area contributed by atoms with Gasteiger partial charge in [0.1, 0.15) is 5.82 Å². The fourth-order valence-corrected chi connectivity index (χ4v) is 4.05. The zero-order valence-electron chi connectivity index (χ0n) is 21.0. The number of hydrogen-bond acceptors (Lipinski definition) is 5. The smallest absolute Gasteiger partial charge is 0.305 e. The molecule has 2 aromatic carbocycles. The van der Waals surface area contributed by atoms with E-state index in [-0.39, 0.29) is 30.0 Å². The third-order valence-corrected chi connectivity index (χ3v) is 5.87. The highest BCUT2D eigenvalue weighted by Crippen LogP contribution is 2.28. The molecule has 0 spiro atoms. The molecule has 37 heavy (non-hydrogen) atoms. The van der Waals surface area contributed by atoms with E-state index in [2.05, 4.69) is 10.4 Å². The Kier molecular flexibility index (Phi) is 9.32. The molecule has 4 N–H and O–H groups in total. The quantitative estimate of drug-likeness (QED) is 0.307. The highest BCUT2D eigenvalue weighted by atomic mass is 19.1. The van der Waals surface area contributed by atoms with Crippen LogP contribution in [0.3, 0.4) is 0 Å². The molecule has 3 atom stereocenters. The first kappa shape index (κ1) is 27.8. The van der Waals surface area contributed by atoms with Crippen molar-refractivity contribution in [3.8, 4) is 5.69 Å². The Bertz CT molecular complexity index is 1240. The fraction of sp³-hybridized carbons (Fsp3) is 0.321. The van der Waals surface area contributed by atoms with Crippen LogP contribution in [0.2, 0.25) is 0 Å². The van der Waals surface area contributed by atoms with Crippen LogP contribution in [0.15, 0.2) is 60.7 Å². The van der Waals surface area contributed by atoms with Gasteiger partial charge in [0.15, 0.2) is 5.69 Å². The minimum absolute atomic E-state index is 0.142. The van der Waals surface area contributed by atoms with Crippen molar-refractivity contribution in [1.82, 2.24) is 15.1 Å². The third-order valence-electron chi connectivity index (χ3n) is 5.87. The van der Waals surface area contributed by atoms with Gasteiger partial charge in [-0.1, -0.05) is 50.3 Å². The molecule has 0 fully saturated rings. The Balaban J connectivity index is 2.00. The van der Waals surface area contributed by atoms with Crippen LogP contribution in [0, 0.1) is 5.82 Å². The molecule has 0 bridgehead atoms. The molecule has 3 rings (SSSR count). The van der Waals surface area contributed by atoms with Gasteiger partial charge in [-0.3, -0.25) is 9.59 Å². The van der Waals surface area contributed by atoms with Gasteiger partial charge in [-0.25, -0.2) is 9.07 Å². The summed E-state index contributed by atoms with van der Waals surface area (Å²) < 4.78 is 15.1. The highest BCUT2D eigenvalue weighted by Gasteiger charge is 2.26. The first-order valence-electron chi connectivity index (χ1n) is 12.1. The predicted molar refractivity (Wildman–Crippen MR) is 138 cm³/mol. The van der Waals surface area contributed by atoms with E-state index >= 15 is 0 Å². The summed E-state index contributed by atoms with van der Waals surface area (Å²) in [5, 5.41) is 36.6. The monoisotopic (exact) mass is 509 g/mol. The molecule has 3 aromatic rings. The number of carbonyl (C=O) groups excluding carboxylic acids is 1. The second-order valence-electron chi connectivity index (χ2n) is 9.21. The molecular formula is C28H32FN3O5. The SMILES string of the molecule is CC(C)c1c(C(=O)NC(C)c2ccccc2)nn(-c2ccc(F)cc2)c1/C=C/C(O)CC(O)CC(=O)O. The predicted octanol–water partition coefficient (Wildman–Crippen LogP) is 4.23. The normalized spacial score (nSPS) is 14.0. The second kappa shape index (κ2) is 12.4. The van der Waals surface area contributed by atoms with Crippen molar-refractivity contribution in [3.63, 3.8) is 0 Å². The maximum absolute atomic E-state index is 13.6. The molecule has 0 aliphatic rings. The van der Waals surface area contributed by atoms with E-state index in [0.717, 1.165) is 5.56 Å². The van der Waals surface area contributed by atoms with Gasteiger partial charge in [-0.2, -0.15) is 5.10 Å². The summed E-state index contributed by atoms with van der Waals surface area (Å²) in [6.45, 7) is 5.69. The van der Waals surface area contributed by atoms with Gasteiger partial charge in [0.05, 0.1) is 36.1 Å². The van der Waals surface area contributed by atoms with Crippen molar-refractivity contribution in [1.29, 1.82) is 0 Å². The fourth-order valence-electron chi connectivity index (χ4n) is 4.05. The number of aliphatic hydroxyl groups excluding tert-OH is 2. The number of aliphatic carboxylic acids is 1. The summed E-state index contributed by atoms with van der Waals surface area (Å²) in [5.41, 5.74) is 2.77. The molecule has 1 amide bonds. The summed E-state index contributed by atoms with van der Waals surface area (Å²) in [6.07, 6.45) is -0.0129. The molecule has 9 heteroatoms. The van der Waals surface area contributed by atoms with E-state index in [1.807, 2.05) is 51.1 Å². The summed E-state index contributed by atoms with van der Waals surface area (Å²) in [4.78, 5) is 24.2. The lowest BCUT2D eigenvalue weighted by Gasteiger charge is -2.15. The van der Waals surface area contributed by atoms with Crippen LogP contribution < -0.4 is 5.32 Å². The van der Waals surface area contributed by atoms with Crippen LogP contribution in [-0.4, -0.2) is 49.2 Å². The van der Waals surface area contributed by atoms with E-state index in [1.54, 1.807) is 6.08 Å². The standard InChI is InChI=1S/C28H32FN3O5/c1-17(2)26-24(14-13-22(33)15-23(34)16-25(35)36)32(21-11-9-20(29)10-12-21)31-27(26)28(37)30-18(3)19-7-5-4-6-8-19/h4-14,17-18,22-23,33-34H,15-16H2,1-3H3,(H,30,37)(H,35,36)/b14-13+. The molecule has 0 aliphatic heterocycles. The number of nitrogens with zero attached hydrogens (tertiary/aromatic N) is 2. The molecule has 196 valence electrons. The van der Waals surface area contributed by atoms with E-state index < -0.39 is 30.4 Å². The number of hydrogen-bond donors (Lipinski definition) is 4. The molecule has 3 unspecified atom stereocenters. The summed E-state index contributed by atoms with van der Waals surface area (Å²) in [7, 11) is 0. The first-order chi connectivity index (χ1) is 17.6. The van der Waals surface area contributed by atoms with Crippen molar-refractivity contribution in [2.45, 2.75) is 57.8 Å². The Morgan fingerprint density at radius 3 is 2.30 bits per heavy atom. The van der Waals surface area contributed by atoms with Crippen LogP contribution in [0.1, 0.15) is 72.9 Å². The zero-order valence-corrected chi connectivity index (χ0v) is 21.0. The lowest BCUT2D eigenvalue weighted by atomic mass is 9.98. The maximum atomic E-state index is 13.6. The minimum Gasteiger partial charge on any atom is -0.481 e. The Labute approximate surface area is 215 Å². The number of benzene rings is 2. The molecule has 1 aromatic heterocycles. The average Bonchev–Trinajstić information content (AvgIpc) is 3.23. The summed E-state index contributed by atoms with van der Waals surface area (Å²) >= 11 is 0. The number of carboxylic acids is 1. The van der Waals surface area contributed by atoms with E-state index in [4.69, 9.17) is 5.11 Å². The van der Waals surface area contributed by atoms with Crippen molar-refractivity contribution in [2.75, 3.05) is 0 Å². The zero-order chi connectivity index (χ0) is 27.1. The van der Waals surface area contributed by atoms with Crippen molar-refractivity contribution in [2.24, 2.45) is 0 Å². The van der Waals surface area contributed by atoms with Crippen LogP contribution in [0.5, 0.6) is 0 Å². The van der Waals surface area contributed by atoms with Crippen LogP contribution in [0.4, 0.5) is 4.39 Å². The number of carboxylic acid groups (broad SMARTS) is 1. The molecule has 0 aliphatic carbocycles. The number of halogens is 1. The second-order valence-corrected chi connectivity index (χ2v) is 9.21. The number of carbonyl (C=O) groups is 2. The molecular weight excluding hydrogens is 477 g/mol. The molecule has 8 nitrogen and oxygen atoms in total. The lowest BCUT2D eigenvalue weighted by molar-refractivity contribution is -0.139. The van der Waals surface area contributed by atoms with Gasteiger partial charge in [0.25, 0.3) is 5.91 Å². The topological polar surface area (TPSA) is 125 Å². The number of rotatable bonds is 11. The van der Waals surface area contributed by atoms with E-state index in [1.165, 1.54) is 35.0 Å². The van der Waals surface area contributed by atoms with Crippen LogP contribution >= 0.6 is 0 Å². The summed E-state index contributed by atoms with van der Waals surface area (Å²) in [5.74, 6) is -2.11. The lowest BCUT2D eigenvalue weighted by Crippen LogP contribution is -2.28. The number of nitrogens with one attached hydrogen (secondary N) is 1. The average molecular weight is 510 g/mol. The van der Waals surface area contributed by atoms with E-state index in [9.17, 15) is 24.2 Å². The number of aromatic nitrogens is 2. The van der Waals surface area contributed by atoms with Gasteiger partial charge >= 0.3 is 5.97 Å². The van der Waals surface area contributed by atoms with Crippen molar-refractivity contribution < 1.29 is 29.3 Å². The van der Waals surface area contributed by atoms with Crippen LogP contribution in [-0.2, 0) is 4.79 Å². The van der Waals surface area contributed by atoms with Gasteiger partial charge in [-0.05, 0) is 48.7 Å². The van der Waals surface area contributed by atoms with Gasteiger partial charge in [-0.15, -0.1) is 0 Å².